The number of nitrogens with zero attached hydrogens (tertiary/aromatic N) is 1. The first-order chi connectivity index (χ1) is 15.5. The lowest BCUT2D eigenvalue weighted by atomic mass is 10.1. The molecule has 1 aliphatic rings. The minimum Gasteiger partial charge on any atom is -0.451 e. The zero-order chi connectivity index (χ0) is 23.9. The third-order valence-electron chi connectivity index (χ3n) is 5.37. The number of ether oxygens (including phenoxy) is 1. The molecule has 2 atom stereocenters. The molecule has 10 heteroatoms. The maximum absolute atomic E-state index is 13.0. The number of amides is 1. The number of morpholine rings is 1. The molecule has 1 aliphatic heterocycles. The van der Waals surface area contributed by atoms with Gasteiger partial charge in [-0.05, 0) is 62.7 Å². The number of anilines is 1. The Morgan fingerprint density at radius 2 is 1.73 bits per heavy atom. The summed E-state index contributed by atoms with van der Waals surface area (Å²) >= 11 is 6.07. The van der Waals surface area contributed by atoms with Gasteiger partial charge in [0.2, 0.25) is 10.0 Å². The summed E-state index contributed by atoms with van der Waals surface area (Å²) in [7, 11) is -3.69. The van der Waals surface area contributed by atoms with Crippen LogP contribution in [-0.4, -0.2) is 43.9 Å². The SMILES string of the molecule is Cc1cc2oc(C(=O)Nc3ccc(S(=O)(=O)N4C[C@H](C)O[C@@H](C)C4)cc3)cc(=O)c2cc1Cl. The van der Waals surface area contributed by atoms with E-state index in [2.05, 4.69) is 5.32 Å². The zero-order valence-corrected chi connectivity index (χ0v) is 19.9. The fourth-order valence-corrected chi connectivity index (χ4v) is 5.52. The van der Waals surface area contributed by atoms with Gasteiger partial charge in [-0.25, -0.2) is 8.42 Å². The highest BCUT2D eigenvalue weighted by Gasteiger charge is 2.32. The maximum Gasteiger partial charge on any atom is 0.291 e. The Balaban J connectivity index is 1.54. The molecule has 0 saturated carbocycles. The van der Waals surface area contributed by atoms with Crippen molar-refractivity contribution in [2.75, 3.05) is 18.4 Å². The summed E-state index contributed by atoms with van der Waals surface area (Å²) in [6.07, 6.45) is -0.392. The second kappa shape index (κ2) is 8.90. The molecule has 0 spiro atoms. The van der Waals surface area contributed by atoms with E-state index < -0.39 is 21.4 Å². The van der Waals surface area contributed by atoms with Crippen molar-refractivity contribution in [2.24, 2.45) is 0 Å². The summed E-state index contributed by atoms with van der Waals surface area (Å²) in [6, 6.07) is 10.0. The molecule has 8 nitrogen and oxygen atoms in total. The Hall–Kier alpha value is -2.72. The largest absolute Gasteiger partial charge is 0.451 e. The third kappa shape index (κ3) is 4.81. The van der Waals surface area contributed by atoms with Gasteiger partial charge in [-0.1, -0.05) is 11.6 Å². The van der Waals surface area contributed by atoms with Gasteiger partial charge in [-0.2, -0.15) is 4.31 Å². The Bertz CT molecular complexity index is 1370. The van der Waals surface area contributed by atoms with E-state index in [9.17, 15) is 18.0 Å². The fourth-order valence-electron chi connectivity index (χ4n) is 3.77. The molecule has 0 radical (unpaired) electrons. The molecular formula is C23H23ClN2O6S. The number of hydrogen-bond acceptors (Lipinski definition) is 6. The van der Waals surface area contributed by atoms with Crippen LogP contribution in [0.3, 0.4) is 0 Å². The molecule has 0 aliphatic carbocycles. The molecule has 0 unspecified atom stereocenters. The first-order valence-corrected chi connectivity index (χ1v) is 12.2. The molecule has 1 N–H and O–H groups in total. The predicted molar refractivity (Wildman–Crippen MR) is 125 cm³/mol. The lowest BCUT2D eigenvalue weighted by Gasteiger charge is -2.34. The minimum atomic E-state index is -3.69. The molecule has 1 fully saturated rings. The molecular weight excluding hydrogens is 468 g/mol. The normalized spacial score (nSPS) is 19.5. The molecule has 0 bridgehead atoms. The summed E-state index contributed by atoms with van der Waals surface area (Å²) in [4.78, 5) is 25.2. The van der Waals surface area contributed by atoms with Crippen LogP contribution in [0.15, 0.2) is 56.6 Å². The maximum atomic E-state index is 13.0. The number of fused-ring (bicyclic) bond motifs is 1. The van der Waals surface area contributed by atoms with Crippen LogP contribution < -0.4 is 10.7 Å². The third-order valence-corrected chi connectivity index (χ3v) is 7.62. The van der Waals surface area contributed by atoms with Crippen LogP contribution in [0.5, 0.6) is 0 Å². The number of carbonyl (C=O) groups excluding carboxylic acids is 1. The number of nitrogens with one attached hydrogen (secondary N) is 1. The molecule has 1 saturated heterocycles. The van der Waals surface area contributed by atoms with Gasteiger partial charge in [0.05, 0.1) is 22.5 Å². The van der Waals surface area contributed by atoms with Gasteiger partial charge in [-0.15, -0.1) is 0 Å². The van der Waals surface area contributed by atoms with E-state index in [1.165, 1.54) is 34.6 Å². The number of aryl methyl sites for hydroxylation is 1. The van der Waals surface area contributed by atoms with Crippen LogP contribution in [0.25, 0.3) is 11.0 Å². The van der Waals surface area contributed by atoms with Crippen LogP contribution in [-0.2, 0) is 14.8 Å². The van der Waals surface area contributed by atoms with E-state index in [1.807, 2.05) is 13.8 Å². The monoisotopic (exact) mass is 490 g/mol. The van der Waals surface area contributed by atoms with Crippen molar-refractivity contribution in [3.05, 3.63) is 69.0 Å². The lowest BCUT2D eigenvalue weighted by Crippen LogP contribution is -2.48. The smallest absolute Gasteiger partial charge is 0.291 e. The topological polar surface area (TPSA) is 106 Å². The Labute approximate surface area is 196 Å². The number of halogens is 1. The van der Waals surface area contributed by atoms with E-state index in [1.54, 1.807) is 13.0 Å². The quantitative estimate of drug-likeness (QED) is 0.596. The van der Waals surface area contributed by atoms with Crippen LogP contribution in [0, 0.1) is 6.92 Å². The number of rotatable bonds is 4. The highest BCUT2D eigenvalue weighted by molar-refractivity contribution is 7.89. The van der Waals surface area contributed by atoms with Crippen molar-refractivity contribution < 1.29 is 22.4 Å². The van der Waals surface area contributed by atoms with E-state index >= 15 is 0 Å². The van der Waals surface area contributed by atoms with Gasteiger partial charge in [0.15, 0.2) is 11.2 Å². The van der Waals surface area contributed by atoms with Gasteiger partial charge >= 0.3 is 0 Å². The number of hydrogen-bond donors (Lipinski definition) is 1. The molecule has 1 aromatic heterocycles. The van der Waals surface area contributed by atoms with Gasteiger partial charge in [-0.3, -0.25) is 9.59 Å². The standard InChI is InChI=1S/C23H23ClN2O6S/c1-13-8-21-18(9-19(13)24)20(27)10-22(32-21)23(28)25-16-4-6-17(7-5-16)33(29,30)26-11-14(2)31-15(3)12-26/h4-10,14-15H,11-12H2,1-3H3,(H,25,28)/t14-,15-/m0/s1. The van der Waals surface area contributed by atoms with Crippen molar-refractivity contribution in [2.45, 2.75) is 37.9 Å². The Kier molecular flexibility index (Phi) is 6.32. The number of benzene rings is 2. The van der Waals surface area contributed by atoms with Gasteiger partial charge in [0, 0.05) is 29.9 Å². The first kappa shape index (κ1) is 23.4. The second-order valence-corrected chi connectivity index (χ2v) is 10.5. The van der Waals surface area contributed by atoms with Crippen LogP contribution in [0.1, 0.15) is 30.0 Å². The number of carbonyl (C=O) groups is 1. The predicted octanol–water partition coefficient (Wildman–Crippen LogP) is 3.81. The van der Waals surface area contributed by atoms with E-state index in [4.69, 9.17) is 20.8 Å². The van der Waals surface area contributed by atoms with Crippen LogP contribution in [0.4, 0.5) is 5.69 Å². The summed E-state index contributed by atoms with van der Waals surface area (Å²) in [5.41, 5.74) is 0.937. The van der Waals surface area contributed by atoms with E-state index in [0.29, 0.717) is 16.3 Å². The minimum absolute atomic E-state index is 0.117. The summed E-state index contributed by atoms with van der Waals surface area (Å²) in [5.74, 6) is -0.796. The van der Waals surface area contributed by atoms with Gasteiger partial charge in [0.25, 0.3) is 5.91 Å². The highest BCUT2D eigenvalue weighted by Crippen LogP contribution is 2.24. The van der Waals surface area contributed by atoms with Crippen molar-refractivity contribution in [1.29, 1.82) is 0 Å². The zero-order valence-electron chi connectivity index (χ0n) is 18.3. The average Bonchev–Trinajstić information content (AvgIpc) is 2.74. The van der Waals surface area contributed by atoms with Crippen molar-refractivity contribution >= 4 is 44.2 Å². The lowest BCUT2D eigenvalue weighted by molar-refractivity contribution is -0.0440. The van der Waals surface area contributed by atoms with Crippen molar-refractivity contribution in [3.63, 3.8) is 0 Å². The number of sulfonamides is 1. The molecule has 33 heavy (non-hydrogen) atoms. The van der Waals surface area contributed by atoms with Gasteiger partial charge in [0.1, 0.15) is 5.58 Å². The first-order valence-electron chi connectivity index (χ1n) is 10.4. The summed E-state index contributed by atoms with van der Waals surface area (Å²) in [5, 5.41) is 3.34. The Morgan fingerprint density at radius 1 is 1.09 bits per heavy atom. The highest BCUT2D eigenvalue weighted by atomic mass is 35.5. The molecule has 2 heterocycles. The van der Waals surface area contributed by atoms with E-state index in [0.717, 1.165) is 6.07 Å². The Morgan fingerprint density at radius 3 is 2.36 bits per heavy atom. The molecule has 2 aromatic carbocycles. The van der Waals surface area contributed by atoms with Gasteiger partial charge < -0.3 is 14.5 Å². The molecule has 3 aromatic rings. The molecule has 4 rings (SSSR count). The van der Waals surface area contributed by atoms with Crippen molar-refractivity contribution in [1.82, 2.24) is 4.31 Å². The van der Waals surface area contributed by atoms with Crippen LogP contribution >= 0.6 is 11.6 Å². The molecule has 174 valence electrons. The second-order valence-electron chi connectivity index (χ2n) is 8.13. The fraction of sp³-hybridized carbons (Fsp3) is 0.304. The molecule has 1 amide bonds. The van der Waals surface area contributed by atoms with Crippen LogP contribution in [0.2, 0.25) is 5.02 Å². The summed E-state index contributed by atoms with van der Waals surface area (Å²) < 4.78 is 38.6. The van der Waals surface area contributed by atoms with E-state index in [-0.39, 0.29) is 46.9 Å². The summed E-state index contributed by atoms with van der Waals surface area (Å²) in [6.45, 7) is 5.98. The average molecular weight is 491 g/mol. The van der Waals surface area contributed by atoms with Crippen molar-refractivity contribution in [3.8, 4) is 0 Å².